The van der Waals surface area contributed by atoms with Gasteiger partial charge in [-0.3, -0.25) is 10.2 Å². The van der Waals surface area contributed by atoms with E-state index < -0.39 is 0 Å². The Morgan fingerprint density at radius 3 is 2.73 bits per heavy atom. The molecule has 0 heterocycles. The molecule has 0 bridgehead atoms. The van der Waals surface area contributed by atoms with Crippen LogP contribution in [0.3, 0.4) is 0 Å². The van der Waals surface area contributed by atoms with E-state index in [0.717, 1.165) is 6.42 Å². The number of hydrogen-bond acceptors (Lipinski definition) is 2. The second-order valence-corrected chi connectivity index (χ2v) is 2.65. The molecule has 1 atom stereocenters. The number of nitrogens with one attached hydrogen (secondary N) is 1. The van der Waals surface area contributed by atoms with Gasteiger partial charge in [0.1, 0.15) is 0 Å². The summed E-state index contributed by atoms with van der Waals surface area (Å²) in [5.74, 6) is -0.0385. The Bertz CT molecular complexity index is 145. The highest BCUT2D eigenvalue weighted by atomic mass is 16.2. The van der Waals surface area contributed by atoms with Crippen molar-refractivity contribution in [3.8, 4) is 0 Å². The minimum atomic E-state index is -0.0385. The Kier molecular flexibility index (Phi) is 4.54. The quantitative estimate of drug-likeness (QED) is 0.485. The van der Waals surface area contributed by atoms with Gasteiger partial charge < -0.3 is 0 Å². The minimum Gasteiger partial charge on any atom is -0.289 e. The van der Waals surface area contributed by atoms with Crippen molar-refractivity contribution in [2.75, 3.05) is 7.05 Å². The minimum absolute atomic E-state index is 0.0385. The molecule has 3 heteroatoms. The summed E-state index contributed by atoms with van der Waals surface area (Å²) in [6, 6.07) is 0.302. The van der Waals surface area contributed by atoms with Crippen LogP contribution in [0.2, 0.25) is 0 Å². The monoisotopic (exact) mass is 156 g/mol. The van der Waals surface area contributed by atoms with Crippen LogP contribution in [0.4, 0.5) is 0 Å². The maximum atomic E-state index is 10.6. The van der Waals surface area contributed by atoms with Crippen LogP contribution in [0.15, 0.2) is 12.7 Å². The van der Waals surface area contributed by atoms with Crippen molar-refractivity contribution in [2.45, 2.75) is 26.3 Å². The number of carbonyl (C=O) groups excluding carboxylic acids is 1. The van der Waals surface area contributed by atoms with Gasteiger partial charge in [0.05, 0.1) is 0 Å². The lowest BCUT2D eigenvalue weighted by Gasteiger charge is -2.23. The molecule has 1 N–H and O–H groups in total. The molecule has 0 aliphatic heterocycles. The Labute approximate surface area is 68.0 Å². The van der Waals surface area contributed by atoms with Gasteiger partial charge in [-0.25, -0.2) is 5.01 Å². The van der Waals surface area contributed by atoms with Gasteiger partial charge in [-0.2, -0.15) is 0 Å². The molecule has 0 saturated heterocycles. The topological polar surface area (TPSA) is 32.3 Å². The first-order valence-corrected chi connectivity index (χ1v) is 3.69. The molecule has 11 heavy (non-hydrogen) atoms. The van der Waals surface area contributed by atoms with Gasteiger partial charge in [0.15, 0.2) is 0 Å². The highest BCUT2D eigenvalue weighted by Gasteiger charge is 2.06. The Balaban J connectivity index is 3.71. The van der Waals surface area contributed by atoms with Gasteiger partial charge in [-0.1, -0.05) is 6.08 Å². The van der Waals surface area contributed by atoms with Crippen molar-refractivity contribution in [1.82, 2.24) is 10.4 Å². The van der Waals surface area contributed by atoms with Crippen molar-refractivity contribution in [3.05, 3.63) is 12.7 Å². The van der Waals surface area contributed by atoms with Gasteiger partial charge >= 0.3 is 0 Å². The molecule has 1 amide bonds. The molecule has 64 valence electrons. The highest BCUT2D eigenvalue weighted by Crippen LogP contribution is 1.97. The van der Waals surface area contributed by atoms with Gasteiger partial charge in [-0.05, 0) is 13.3 Å². The molecule has 0 rings (SSSR count). The molecule has 0 aliphatic carbocycles. The average molecular weight is 156 g/mol. The van der Waals surface area contributed by atoms with E-state index in [1.165, 1.54) is 6.92 Å². The van der Waals surface area contributed by atoms with E-state index in [1.807, 2.05) is 20.0 Å². The fraction of sp³-hybridized carbons (Fsp3) is 0.625. The highest BCUT2D eigenvalue weighted by molar-refractivity contribution is 5.72. The second kappa shape index (κ2) is 4.91. The third-order valence-corrected chi connectivity index (χ3v) is 1.50. The molecular formula is C8H16N2O. The fourth-order valence-corrected chi connectivity index (χ4v) is 0.758. The number of rotatable bonds is 4. The Morgan fingerprint density at radius 1 is 1.82 bits per heavy atom. The van der Waals surface area contributed by atoms with Crippen LogP contribution in [0.1, 0.15) is 20.3 Å². The molecule has 0 aromatic heterocycles. The first kappa shape index (κ1) is 10.2. The van der Waals surface area contributed by atoms with Crippen LogP contribution in [0.5, 0.6) is 0 Å². The fourth-order valence-electron chi connectivity index (χ4n) is 0.758. The summed E-state index contributed by atoms with van der Waals surface area (Å²) >= 11 is 0. The smallest absolute Gasteiger partial charge is 0.231 e. The van der Waals surface area contributed by atoms with Crippen molar-refractivity contribution < 1.29 is 4.79 Å². The third kappa shape index (κ3) is 4.56. The lowest BCUT2D eigenvalue weighted by atomic mass is 10.2. The molecule has 0 saturated carbocycles. The first-order chi connectivity index (χ1) is 5.07. The molecule has 0 fully saturated rings. The maximum absolute atomic E-state index is 10.6. The zero-order valence-electron chi connectivity index (χ0n) is 7.42. The molecule has 0 spiro atoms. The van der Waals surface area contributed by atoms with Gasteiger partial charge in [0.25, 0.3) is 0 Å². The Morgan fingerprint density at radius 2 is 2.36 bits per heavy atom. The van der Waals surface area contributed by atoms with Crippen molar-refractivity contribution in [2.24, 2.45) is 0 Å². The number of hydrazine groups is 1. The standard InChI is InChI=1S/C8H16N2O/c1-5-6-7(2)10(4)9-8(3)11/h5,7H,1,6H2,2-4H3,(H,9,11). The van der Waals surface area contributed by atoms with Gasteiger partial charge in [0.2, 0.25) is 5.91 Å². The predicted molar refractivity (Wildman–Crippen MR) is 45.9 cm³/mol. The van der Waals surface area contributed by atoms with Crippen molar-refractivity contribution >= 4 is 5.91 Å². The van der Waals surface area contributed by atoms with E-state index >= 15 is 0 Å². The van der Waals surface area contributed by atoms with Crippen LogP contribution in [-0.2, 0) is 4.79 Å². The largest absolute Gasteiger partial charge is 0.289 e. The van der Waals surface area contributed by atoms with Gasteiger partial charge in [0, 0.05) is 20.0 Å². The van der Waals surface area contributed by atoms with Crippen LogP contribution in [0.25, 0.3) is 0 Å². The van der Waals surface area contributed by atoms with Crippen molar-refractivity contribution in [1.29, 1.82) is 0 Å². The molecule has 3 nitrogen and oxygen atoms in total. The molecule has 0 aromatic rings. The number of hydrogen-bond donors (Lipinski definition) is 1. The maximum Gasteiger partial charge on any atom is 0.231 e. The van der Waals surface area contributed by atoms with Crippen molar-refractivity contribution in [3.63, 3.8) is 0 Å². The number of nitrogens with zero attached hydrogens (tertiary/aromatic N) is 1. The summed E-state index contributed by atoms with van der Waals surface area (Å²) in [7, 11) is 1.84. The van der Waals surface area contributed by atoms with E-state index in [1.54, 1.807) is 5.01 Å². The molecule has 0 aromatic carbocycles. The van der Waals surface area contributed by atoms with E-state index in [9.17, 15) is 4.79 Å². The SMILES string of the molecule is C=CCC(C)N(C)NC(C)=O. The lowest BCUT2D eigenvalue weighted by Crippen LogP contribution is -2.43. The van der Waals surface area contributed by atoms with Crippen LogP contribution < -0.4 is 5.43 Å². The lowest BCUT2D eigenvalue weighted by molar-refractivity contribution is -0.123. The van der Waals surface area contributed by atoms with Crippen LogP contribution in [0, 0.1) is 0 Å². The Hall–Kier alpha value is -0.830. The third-order valence-electron chi connectivity index (χ3n) is 1.50. The van der Waals surface area contributed by atoms with E-state index in [-0.39, 0.29) is 5.91 Å². The molecule has 0 radical (unpaired) electrons. The number of carbonyl (C=O) groups is 1. The predicted octanol–water partition coefficient (Wildman–Crippen LogP) is 0.934. The van der Waals surface area contributed by atoms with Crippen LogP contribution >= 0.6 is 0 Å². The summed E-state index contributed by atoms with van der Waals surface area (Å²) in [5.41, 5.74) is 2.67. The second-order valence-electron chi connectivity index (χ2n) is 2.65. The van der Waals surface area contributed by atoms with E-state index in [0.29, 0.717) is 6.04 Å². The first-order valence-electron chi connectivity index (χ1n) is 3.69. The molecule has 0 aliphatic rings. The summed E-state index contributed by atoms with van der Waals surface area (Å²) in [6.07, 6.45) is 2.71. The van der Waals surface area contributed by atoms with E-state index in [2.05, 4.69) is 12.0 Å². The molecular weight excluding hydrogens is 140 g/mol. The summed E-state index contributed by atoms with van der Waals surface area (Å²) in [6.45, 7) is 7.15. The normalized spacial score (nSPS) is 12.7. The zero-order chi connectivity index (χ0) is 8.85. The summed E-state index contributed by atoms with van der Waals surface area (Å²) < 4.78 is 0. The zero-order valence-corrected chi connectivity index (χ0v) is 7.42. The summed E-state index contributed by atoms with van der Waals surface area (Å²) in [4.78, 5) is 10.6. The summed E-state index contributed by atoms with van der Waals surface area (Å²) in [5, 5.41) is 1.78. The number of amides is 1. The van der Waals surface area contributed by atoms with E-state index in [4.69, 9.17) is 0 Å². The van der Waals surface area contributed by atoms with Gasteiger partial charge in [-0.15, -0.1) is 6.58 Å². The van der Waals surface area contributed by atoms with Crippen LogP contribution in [-0.4, -0.2) is 24.0 Å². The average Bonchev–Trinajstić information content (AvgIpc) is 1.86. The molecule has 1 unspecified atom stereocenters.